The van der Waals surface area contributed by atoms with Gasteiger partial charge in [-0.05, 0) is 36.2 Å². The van der Waals surface area contributed by atoms with E-state index in [4.69, 9.17) is 4.74 Å². The number of carbonyl (C=O) groups excluding carboxylic acids is 1. The summed E-state index contributed by atoms with van der Waals surface area (Å²) in [5.41, 5.74) is 1.52. The van der Waals surface area contributed by atoms with Gasteiger partial charge in [0.1, 0.15) is 6.17 Å². The summed E-state index contributed by atoms with van der Waals surface area (Å²) in [6.07, 6.45) is -0.829. The van der Waals surface area contributed by atoms with E-state index in [1.54, 1.807) is 12.1 Å². The molecule has 2 saturated heterocycles. The van der Waals surface area contributed by atoms with Crippen LogP contribution in [0, 0.1) is 5.95 Å². The predicted octanol–water partition coefficient (Wildman–Crippen LogP) is 2.64. The van der Waals surface area contributed by atoms with Gasteiger partial charge in [0.25, 0.3) is 5.91 Å². The Morgan fingerprint density at radius 2 is 1.94 bits per heavy atom. The number of methoxy groups -OCH3 is 1. The van der Waals surface area contributed by atoms with Crippen molar-refractivity contribution in [3.05, 3.63) is 47.9 Å². The number of halogens is 2. The molecule has 10 nitrogen and oxygen atoms in total. The zero-order valence-corrected chi connectivity index (χ0v) is 19.7. The monoisotopic (exact) mass is 502 g/mol. The summed E-state index contributed by atoms with van der Waals surface area (Å²) in [7, 11) is 1.46. The van der Waals surface area contributed by atoms with E-state index in [0.717, 1.165) is 18.7 Å². The van der Waals surface area contributed by atoms with Gasteiger partial charge in [-0.3, -0.25) is 10.1 Å². The molecule has 2 aromatic heterocycles. The normalized spacial score (nSPS) is 18.9. The zero-order valence-electron chi connectivity index (χ0n) is 18.9. The van der Waals surface area contributed by atoms with Gasteiger partial charge in [-0.25, -0.2) is 4.39 Å². The Hall–Kier alpha value is -3.45. The number of aromatic nitrogens is 4. The SMILES string of the molecule is COC(C(=O)Nc1nnc(N[C@@H]2CCN(c3ccc(F)nn3)C2)s1)c1cccc(N2CC(F)C2)c1. The quantitative estimate of drug-likeness (QED) is 0.481. The van der Waals surface area contributed by atoms with E-state index in [1.807, 2.05) is 28.0 Å². The number of amides is 1. The van der Waals surface area contributed by atoms with Gasteiger partial charge in [-0.15, -0.1) is 20.4 Å². The highest BCUT2D eigenvalue weighted by Crippen LogP contribution is 2.29. The van der Waals surface area contributed by atoms with Gasteiger partial charge >= 0.3 is 0 Å². The Morgan fingerprint density at radius 1 is 1.11 bits per heavy atom. The van der Waals surface area contributed by atoms with Crippen LogP contribution in [0.4, 0.5) is 30.5 Å². The summed E-state index contributed by atoms with van der Waals surface area (Å²) >= 11 is 1.22. The Kier molecular flexibility index (Phi) is 6.68. The van der Waals surface area contributed by atoms with Crippen LogP contribution in [0.1, 0.15) is 18.1 Å². The molecule has 0 bridgehead atoms. The Bertz CT molecular complexity index is 1170. The molecule has 1 aromatic carbocycles. The molecule has 13 heteroatoms. The maximum Gasteiger partial charge on any atom is 0.259 e. The van der Waals surface area contributed by atoms with Crippen molar-refractivity contribution in [3.63, 3.8) is 0 Å². The summed E-state index contributed by atoms with van der Waals surface area (Å²) in [5, 5.41) is 22.5. The number of nitrogens with zero attached hydrogens (tertiary/aromatic N) is 6. The van der Waals surface area contributed by atoms with E-state index in [0.29, 0.717) is 41.3 Å². The predicted molar refractivity (Wildman–Crippen MR) is 128 cm³/mol. The van der Waals surface area contributed by atoms with Crippen LogP contribution in [0.25, 0.3) is 0 Å². The van der Waals surface area contributed by atoms with Crippen LogP contribution in [0.15, 0.2) is 36.4 Å². The van der Waals surface area contributed by atoms with E-state index < -0.39 is 18.2 Å². The highest BCUT2D eigenvalue weighted by atomic mass is 32.1. The van der Waals surface area contributed by atoms with E-state index in [2.05, 4.69) is 31.0 Å². The molecule has 2 fully saturated rings. The number of alkyl halides is 1. The molecule has 1 unspecified atom stereocenters. The number of hydrogen-bond acceptors (Lipinski definition) is 10. The molecule has 2 N–H and O–H groups in total. The molecule has 4 heterocycles. The molecule has 2 aliphatic rings. The van der Waals surface area contributed by atoms with Gasteiger partial charge in [0.05, 0.1) is 13.1 Å². The molecule has 2 aliphatic heterocycles. The van der Waals surface area contributed by atoms with Gasteiger partial charge < -0.3 is 19.9 Å². The highest BCUT2D eigenvalue weighted by molar-refractivity contribution is 7.19. The third-order valence-corrected chi connectivity index (χ3v) is 6.73. The molecule has 35 heavy (non-hydrogen) atoms. The molecule has 0 spiro atoms. The number of anilines is 4. The Balaban J connectivity index is 1.17. The second-order valence-electron chi connectivity index (χ2n) is 8.40. The van der Waals surface area contributed by atoms with Crippen LogP contribution in [0.2, 0.25) is 0 Å². The van der Waals surface area contributed by atoms with Crippen LogP contribution in [0.3, 0.4) is 0 Å². The molecule has 3 aromatic rings. The molecular weight excluding hydrogens is 478 g/mol. The first kappa shape index (κ1) is 23.3. The number of ether oxygens (including phenoxy) is 1. The van der Waals surface area contributed by atoms with Crippen LogP contribution in [-0.4, -0.2) is 71.8 Å². The van der Waals surface area contributed by atoms with Crippen molar-refractivity contribution in [1.29, 1.82) is 0 Å². The third kappa shape index (κ3) is 5.30. The van der Waals surface area contributed by atoms with Crippen LogP contribution < -0.4 is 20.4 Å². The van der Waals surface area contributed by atoms with Crippen molar-refractivity contribution in [2.45, 2.75) is 24.7 Å². The zero-order chi connectivity index (χ0) is 24.4. The maximum atomic E-state index is 13.2. The summed E-state index contributed by atoms with van der Waals surface area (Å²) in [4.78, 5) is 16.8. The largest absolute Gasteiger partial charge is 0.367 e. The van der Waals surface area contributed by atoms with E-state index in [1.165, 1.54) is 24.5 Å². The molecule has 0 radical (unpaired) electrons. The van der Waals surface area contributed by atoms with E-state index in [-0.39, 0.29) is 11.9 Å². The first-order valence-corrected chi connectivity index (χ1v) is 12.0. The van der Waals surface area contributed by atoms with Crippen molar-refractivity contribution < 1.29 is 18.3 Å². The lowest BCUT2D eigenvalue weighted by molar-refractivity contribution is -0.126. The number of hydrogen-bond donors (Lipinski definition) is 2. The Labute approximate surface area is 204 Å². The van der Waals surface area contributed by atoms with Crippen molar-refractivity contribution in [3.8, 4) is 0 Å². The lowest BCUT2D eigenvalue weighted by atomic mass is 10.1. The summed E-state index contributed by atoms with van der Waals surface area (Å²) in [6.45, 7) is 2.11. The number of nitrogens with one attached hydrogen (secondary N) is 2. The molecule has 184 valence electrons. The van der Waals surface area contributed by atoms with Crippen LogP contribution in [-0.2, 0) is 9.53 Å². The smallest absolute Gasteiger partial charge is 0.259 e. The average Bonchev–Trinajstić information content (AvgIpc) is 3.48. The highest BCUT2D eigenvalue weighted by Gasteiger charge is 2.28. The fraction of sp³-hybridized carbons (Fsp3) is 0.409. The van der Waals surface area contributed by atoms with Gasteiger partial charge in [0.15, 0.2) is 11.9 Å². The molecular formula is C22H24F2N8O2S. The molecule has 0 saturated carbocycles. The molecule has 2 atom stereocenters. The fourth-order valence-electron chi connectivity index (χ4n) is 4.16. The van der Waals surface area contributed by atoms with E-state index >= 15 is 0 Å². The number of benzene rings is 1. The van der Waals surface area contributed by atoms with Gasteiger partial charge in [0.2, 0.25) is 16.2 Å². The summed E-state index contributed by atoms with van der Waals surface area (Å²) in [5.74, 6) is -0.365. The lowest BCUT2D eigenvalue weighted by Crippen LogP contribution is -2.48. The van der Waals surface area contributed by atoms with Gasteiger partial charge in [-0.1, -0.05) is 23.5 Å². The lowest BCUT2D eigenvalue weighted by Gasteiger charge is -2.36. The molecule has 5 rings (SSSR count). The van der Waals surface area contributed by atoms with Crippen molar-refractivity contribution in [2.75, 3.05) is 53.7 Å². The van der Waals surface area contributed by atoms with Crippen molar-refractivity contribution in [2.24, 2.45) is 0 Å². The first-order valence-electron chi connectivity index (χ1n) is 11.2. The topological polar surface area (TPSA) is 108 Å². The van der Waals surface area contributed by atoms with E-state index in [9.17, 15) is 13.6 Å². The van der Waals surface area contributed by atoms with Gasteiger partial charge in [0, 0.05) is 31.9 Å². The summed E-state index contributed by atoms with van der Waals surface area (Å²) < 4.78 is 31.7. The minimum atomic E-state index is -0.849. The van der Waals surface area contributed by atoms with Crippen LogP contribution >= 0.6 is 11.3 Å². The van der Waals surface area contributed by atoms with Crippen LogP contribution in [0.5, 0.6) is 0 Å². The third-order valence-electron chi connectivity index (χ3n) is 5.96. The molecule has 0 aliphatic carbocycles. The maximum absolute atomic E-state index is 13.2. The standard InChI is InChI=1S/C22H24F2N8O2S/c1-34-19(13-3-2-4-16(9-13)32-10-14(23)11-32)20(33)26-22-30-29-21(35-22)25-15-7-8-31(12-15)18-6-5-17(24)27-28-18/h2-6,9,14-15,19H,7-8,10-12H2,1H3,(H,25,29)(H,26,30,33)/t15-,19?/m1/s1. The van der Waals surface area contributed by atoms with Gasteiger partial charge in [-0.2, -0.15) is 4.39 Å². The second-order valence-corrected chi connectivity index (χ2v) is 9.38. The minimum Gasteiger partial charge on any atom is -0.367 e. The number of carbonyl (C=O) groups is 1. The minimum absolute atomic E-state index is 0.0956. The van der Waals surface area contributed by atoms with Crippen molar-refractivity contribution >= 4 is 39.0 Å². The summed E-state index contributed by atoms with van der Waals surface area (Å²) in [6, 6.07) is 10.3. The van der Waals surface area contributed by atoms with Crippen molar-refractivity contribution in [1.82, 2.24) is 20.4 Å². The average molecular weight is 503 g/mol. The first-order chi connectivity index (χ1) is 17.0. The number of rotatable bonds is 8. The Morgan fingerprint density at radius 3 is 2.69 bits per heavy atom. The second kappa shape index (κ2) is 10.0. The fourth-order valence-corrected chi connectivity index (χ4v) is 4.88. The molecule has 1 amide bonds.